The molecule has 2 aromatic rings. The Morgan fingerprint density at radius 1 is 1.07 bits per heavy atom. The molecule has 0 saturated heterocycles. The highest BCUT2D eigenvalue weighted by Crippen LogP contribution is 2.26. The molecule has 1 atom stereocenters. The minimum Gasteiger partial charge on any atom is -0.497 e. The van der Waals surface area contributed by atoms with E-state index in [1.54, 1.807) is 19.2 Å². The van der Waals surface area contributed by atoms with Crippen molar-refractivity contribution in [3.05, 3.63) is 59.7 Å². The zero-order valence-corrected chi connectivity index (χ0v) is 16.7. The zero-order valence-electron chi connectivity index (χ0n) is 15.9. The lowest BCUT2D eigenvalue weighted by molar-refractivity contribution is 0.0600. The van der Waals surface area contributed by atoms with Gasteiger partial charge in [-0.15, -0.1) is 0 Å². The molecule has 0 bridgehead atoms. The molecule has 6 nitrogen and oxygen atoms in total. The van der Waals surface area contributed by atoms with Gasteiger partial charge in [-0.3, -0.25) is 0 Å². The molecule has 27 heavy (non-hydrogen) atoms. The molecule has 0 aliphatic carbocycles. The molecular formula is C20H25NO5S. The summed E-state index contributed by atoms with van der Waals surface area (Å²) in [5.41, 5.74) is 1.03. The van der Waals surface area contributed by atoms with E-state index in [1.807, 2.05) is 26.0 Å². The van der Waals surface area contributed by atoms with E-state index >= 15 is 0 Å². The Labute approximate surface area is 160 Å². The summed E-state index contributed by atoms with van der Waals surface area (Å²) in [5.74, 6) is 0.401. The molecule has 0 spiro atoms. The normalized spacial score (nSPS) is 12.6. The summed E-state index contributed by atoms with van der Waals surface area (Å²) in [6, 6.07) is 12.7. The van der Waals surface area contributed by atoms with Gasteiger partial charge < -0.3 is 9.47 Å². The van der Waals surface area contributed by atoms with Crippen molar-refractivity contribution in [1.29, 1.82) is 0 Å². The van der Waals surface area contributed by atoms with Gasteiger partial charge >= 0.3 is 5.97 Å². The summed E-state index contributed by atoms with van der Waals surface area (Å²) in [5, 5.41) is 0. The van der Waals surface area contributed by atoms with Gasteiger partial charge in [0.2, 0.25) is 10.0 Å². The van der Waals surface area contributed by atoms with Gasteiger partial charge in [0, 0.05) is 6.04 Å². The number of methoxy groups -OCH3 is 2. The lowest BCUT2D eigenvalue weighted by atomic mass is 9.98. The van der Waals surface area contributed by atoms with Crippen LogP contribution in [0.2, 0.25) is 0 Å². The van der Waals surface area contributed by atoms with Crippen LogP contribution >= 0.6 is 0 Å². The molecule has 0 aliphatic heterocycles. The summed E-state index contributed by atoms with van der Waals surface area (Å²) < 4.78 is 38.4. The van der Waals surface area contributed by atoms with E-state index in [2.05, 4.69) is 9.46 Å². The standard InChI is InChI=1S/C20H25NO5S/c1-14(2)12-19(15-8-10-17(25-3)11-9-15)21-27(23,24)18-7-5-6-16(13-18)20(22)26-4/h5-11,13-14,19,21H,12H2,1-4H3/t19-/m1/s1. The van der Waals surface area contributed by atoms with Crippen LogP contribution in [0.25, 0.3) is 0 Å². The number of nitrogens with one attached hydrogen (secondary N) is 1. The van der Waals surface area contributed by atoms with Crippen molar-refractivity contribution in [1.82, 2.24) is 4.72 Å². The number of sulfonamides is 1. The van der Waals surface area contributed by atoms with Crippen LogP contribution in [-0.4, -0.2) is 28.6 Å². The number of hydrogen-bond donors (Lipinski definition) is 1. The summed E-state index contributed by atoms with van der Waals surface area (Å²) in [6.07, 6.45) is 0.627. The molecule has 0 radical (unpaired) electrons. The van der Waals surface area contributed by atoms with Crippen molar-refractivity contribution < 1.29 is 22.7 Å². The Morgan fingerprint density at radius 3 is 2.30 bits per heavy atom. The van der Waals surface area contributed by atoms with Crippen LogP contribution in [-0.2, 0) is 14.8 Å². The Hall–Kier alpha value is -2.38. The monoisotopic (exact) mass is 391 g/mol. The molecule has 0 aromatic heterocycles. The molecule has 0 amide bonds. The number of carbonyl (C=O) groups is 1. The van der Waals surface area contributed by atoms with E-state index in [1.165, 1.54) is 31.4 Å². The van der Waals surface area contributed by atoms with Gasteiger partial charge in [-0.25, -0.2) is 17.9 Å². The predicted molar refractivity (Wildman–Crippen MR) is 103 cm³/mol. The average molecular weight is 391 g/mol. The fourth-order valence-corrected chi connectivity index (χ4v) is 4.01. The van der Waals surface area contributed by atoms with E-state index in [0.29, 0.717) is 12.2 Å². The third kappa shape index (κ3) is 5.55. The van der Waals surface area contributed by atoms with Gasteiger partial charge in [0.25, 0.3) is 0 Å². The third-order valence-electron chi connectivity index (χ3n) is 4.09. The highest BCUT2D eigenvalue weighted by molar-refractivity contribution is 7.89. The van der Waals surface area contributed by atoms with Crippen LogP contribution in [0.1, 0.15) is 42.2 Å². The maximum Gasteiger partial charge on any atom is 0.337 e. The Balaban J connectivity index is 2.33. The van der Waals surface area contributed by atoms with Crippen LogP contribution in [0.4, 0.5) is 0 Å². The zero-order chi connectivity index (χ0) is 20.0. The lowest BCUT2D eigenvalue weighted by Gasteiger charge is -2.21. The van der Waals surface area contributed by atoms with E-state index < -0.39 is 22.0 Å². The number of benzene rings is 2. The van der Waals surface area contributed by atoms with E-state index in [9.17, 15) is 13.2 Å². The molecular weight excluding hydrogens is 366 g/mol. The molecule has 2 rings (SSSR count). The predicted octanol–water partition coefficient (Wildman–Crippen LogP) is 3.55. The summed E-state index contributed by atoms with van der Waals surface area (Å²) in [7, 11) is -0.987. The fourth-order valence-electron chi connectivity index (χ4n) is 2.72. The van der Waals surface area contributed by atoms with Gasteiger partial charge in [0.15, 0.2) is 0 Å². The summed E-state index contributed by atoms with van der Waals surface area (Å²) in [4.78, 5) is 11.7. The average Bonchev–Trinajstić information content (AvgIpc) is 2.66. The number of hydrogen-bond acceptors (Lipinski definition) is 5. The van der Waals surface area contributed by atoms with Crippen molar-refractivity contribution in [2.75, 3.05) is 14.2 Å². The number of carbonyl (C=O) groups excluding carboxylic acids is 1. The maximum atomic E-state index is 12.9. The molecule has 0 heterocycles. The first-order valence-corrected chi connectivity index (χ1v) is 10.1. The van der Waals surface area contributed by atoms with Gasteiger partial charge in [-0.1, -0.05) is 32.0 Å². The smallest absolute Gasteiger partial charge is 0.337 e. The van der Waals surface area contributed by atoms with E-state index in [4.69, 9.17) is 4.74 Å². The number of rotatable bonds is 8. The summed E-state index contributed by atoms with van der Waals surface area (Å²) in [6.45, 7) is 4.06. The van der Waals surface area contributed by atoms with Crippen LogP contribution in [0.5, 0.6) is 5.75 Å². The van der Waals surface area contributed by atoms with Crippen molar-refractivity contribution in [3.63, 3.8) is 0 Å². The second-order valence-corrected chi connectivity index (χ2v) is 8.31. The first kappa shape index (κ1) is 20.9. The van der Waals surface area contributed by atoms with Crippen molar-refractivity contribution >= 4 is 16.0 Å². The number of esters is 1. The molecule has 1 N–H and O–H groups in total. The molecule has 7 heteroatoms. The summed E-state index contributed by atoms with van der Waals surface area (Å²) >= 11 is 0. The molecule has 146 valence electrons. The van der Waals surface area contributed by atoms with Gasteiger partial charge in [-0.05, 0) is 48.2 Å². The highest BCUT2D eigenvalue weighted by Gasteiger charge is 2.23. The molecule has 0 aliphatic rings. The first-order chi connectivity index (χ1) is 12.8. The van der Waals surface area contributed by atoms with Gasteiger partial charge in [-0.2, -0.15) is 0 Å². The van der Waals surface area contributed by atoms with Crippen LogP contribution in [0, 0.1) is 5.92 Å². The quantitative estimate of drug-likeness (QED) is 0.696. The van der Waals surface area contributed by atoms with Crippen LogP contribution < -0.4 is 9.46 Å². The largest absolute Gasteiger partial charge is 0.497 e. The molecule has 0 fully saturated rings. The van der Waals surface area contributed by atoms with Crippen molar-refractivity contribution in [2.24, 2.45) is 5.92 Å². The van der Waals surface area contributed by atoms with Gasteiger partial charge in [0.1, 0.15) is 5.75 Å². The SMILES string of the molecule is COC(=O)c1cccc(S(=O)(=O)N[C@H](CC(C)C)c2ccc(OC)cc2)c1. The minimum atomic E-state index is -3.82. The molecule has 2 aromatic carbocycles. The first-order valence-electron chi connectivity index (χ1n) is 8.61. The Kier molecular flexibility index (Phi) is 6.98. The maximum absolute atomic E-state index is 12.9. The third-order valence-corrected chi connectivity index (χ3v) is 5.56. The van der Waals surface area contributed by atoms with Gasteiger partial charge in [0.05, 0.1) is 24.7 Å². The van der Waals surface area contributed by atoms with Crippen LogP contribution in [0.3, 0.4) is 0 Å². The van der Waals surface area contributed by atoms with Crippen molar-refractivity contribution in [3.8, 4) is 5.75 Å². The fraction of sp³-hybridized carbons (Fsp3) is 0.350. The Morgan fingerprint density at radius 2 is 1.74 bits per heavy atom. The van der Waals surface area contributed by atoms with Crippen molar-refractivity contribution in [2.45, 2.75) is 31.2 Å². The van der Waals surface area contributed by atoms with E-state index in [-0.39, 0.29) is 16.4 Å². The second kappa shape index (κ2) is 9.01. The molecule has 0 unspecified atom stereocenters. The van der Waals surface area contributed by atoms with Crippen LogP contribution in [0.15, 0.2) is 53.4 Å². The minimum absolute atomic E-state index is 0.0210. The number of ether oxygens (including phenoxy) is 2. The lowest BCUT2D eigenvalue weighted by Crippen LogP contribution is -2.29. The second-order valence-electron chi connectivity index (χ2n) is 6.60. The topological polar surface area (TPSA) is 81.7 Å². The Bertz CT molecular complexity index is 876. The highest BCUT2D eigenvalue weighted by atomic mass is 32.2. The molecule has 0 saturated carbocycles. The van der Waals surface area contributed by atoms with E-state index in [0.717, 1.165) is 5.56 Å².